The SMILES string of the molecule is C.Cc1nc2[nH]ccc2c2c1OB(O)[C-]=C2C1CC(C)C1.Cc1nc2[nH]ccc2c2c1OB(O)[C-]=C2C1CCC(C)C1.Cc1nc2[nH]ccc2c2c1OB(O)[C-]=C2C1CCC(C)CC1.[Y].[Y].[Y]. The predicted octanol–water partition coefficient (Wildman–Crippen LogP) is 9.35. The number of hydrogen-bond acceptors (Lipinski definition) is 9. The molecule has 6 N–H and O–H groups in total. The van der Waals surface area contributed by atoms with E-state index in [-0.39, 0.29) is 106 Å². The summed E-state index contributed by atoms with van der Waals surface area (Å²) in [5.74, 6) is 15.2. The van der Waals surface area contributed by atoms with Crippen LogP contribution in [0.1, 0.15) is 120 Å². The molecule has 2 unspecified atom stereocenters. The zero-order chi connectivity index (χ0) is 43.7. The van der Waals surface area contributed by atoms with Gasteiger partial charge in [0.15, 0.2) is 0 Å². The standard InChI is InChI=1S/C17H20BN2O2.C16H18BN2O2.C15H16BN2O2.CH4.3Y/c1-10-3-5-12(6-4-10)14-9-18(21)22-16-11(2)20-17-13(15(14)16)7-8-19-17;1-9-3-4-11(7-9)13-8-17(20)21-15-10(2)19-16-12(14(13)15)5-6-18-16;1-8-5-10(6-8)12-7-16(19)20-14-9(2)18-15-11(13(12)14)3-4-17-15;;;;/h7-8,10,12,21H,3-6H2,1-2H3,(H,19,20);5-6,9,11,20H,3-4,7H2,1-2H3,(H,18,19);3-4,8,10,19H,5-6H2,1-2H3,(H,17,18);1H4;;;/q3*-1;;;;. The minimum atomic E-state index is -0.987. The van der Waals surface area contributed by atoms with Crippen molar-refractivity contribution in [2.45, 2.75) is 107 Å². The molecule has 9 heterocycles. The summed E-state index contributed by atoms with van der Waals surface area (Å²) in [5, 5.41) is 33.2. The molecule has 6 aromatic heterocycles. The van der Waals surface area contributed by atoms with Gasteiger partial charge in [0, 0.05) is 134 Å². The molecule has 0 aromatic carbocycles. The number of H-pyrrole nitrogens is 3. The molecule has 0 bridgehead atoms. The Hall–Kier alpha value is -1.92. The molecule has 6 aromatic rings. The molecule has 12 nitrogen and oxygen atoms in total. The van der Waals surface area contributed by atoms with Gasteiger partial charge in [0.25, 0.3) is 0 Å². The predicted molar refractivity (Wildman–Crippen MR) is 254 cm³/mol. The molecule has 3 fully saturated rings. The van der Waals surface area contributed by atoms with Gasteiger partial charge in [-0.15, -0.1) is 16.7 Å². The van der Waals surface area contributed by atoms with Crippen LogP contribution in [0.15, 0.2) is 36.8 Å². The Morgan fingerprint density at radius 2 is 0.821 bits per heavy atom. The number of pyridine rings is 3. The van der Waals surface area contributed by atoms with Crippen LogP contribution in [0, 0.1) is 74.2 Å². The van der Waals surface area contributed by atoms with Gasteiger partial charge in [0.2, 0.25) is 0 Å². The second kappa shape index (κ2) is 22.7. The molecular formula is C49H58B3N6O6Y3-3. The van der Waals surface area contributed by atoms with Crippen LogP contribution in [0.2, 0.25) is 0 Å². The number of aromatic nitrogens is 6. The topological polar surface area (TPSA) is 174 Å². The van der Waals surface area contributed by atoms with Crippen LogP contribution in [0.3, 0.4) is 0 Å². The molecule has 0 spiro atoms. The van der Waals surface area contributed by atoms with Gasteiger partial charge in [0.05, 0.1) is 17.1 Å². The third-order valence-electron chi connectivity index (χ3n) is 14.1. The van der Waals surface area contributed by atoms with E-state index in [1.54, 1.807) is 0 Å². The quantitative estimate of drug-likeness (QED) is 0.0746. The van der Waals surface area contributed by atoms with Crippen LogP contribution < -0.4 is 14.0 Å². The Balaban J connectivity index is 0.000000161. The number of nitrogens with zero attached hydrogens (tertiary/aromatic N) is 3. The van der Waals surface area contributed by atoms with Crippen LogP contribution in [0.5, 0.6) is 17.2 Å². The number of allylic oxidation sites excluding steroid dienone is 3. The summed E-state index contributed by atoms with van der Waals surface area (Å²) in [6.07, 6.45) is 16.3. The Morgan fingerprint density at radius 1 is 0.493 bits per heavy atom. The molecule has 12 rings (SSSR count). The van der Waals surface area contributed by atoms with Crippen LogP contribution >= 0.6 is 0 Å². The Kier molecular flexibility index (Phi) is 18.4. The molecule has 6 aliphatic rings. The van der Waals surface area contributed by atoms with E-state index in [4.69, 9.17) is 14.0 Å². The van der Waals surface area contributed by atoms with E-state index in [1.807, 2.05) is 57.6 Å². The molecule has 341 valence electrons. The van der Waals surface area contributed by atoms with Gasteiger partial charge < -0.3 is 44.0 Å². The summed E-state index contributed by atoms with van der Waals surface area (Å²) in [5.41, 5.74) is 11.6. The molecule has 3 aliphatic heterocycles. The van der Waals surface area contributed by atoms with E-state index in [1.165, 1.54) is 19.3 Å². The first kappa shape index (κ1) is 54.4. The third-order valence-corrected chi connectivity index (χ3v) is 14.1. The van der Waals surface area contributed by atoms with E-state index >= 15 is 0 Å². The molecule has 18 heteroatoms. The number of aromatic amines is 3. The van der Waals surface area contributed by atoms with Gasteiger partial charge in [-0.05, 0) is 94.8 Å². The first-order valence-corrected chi connectivity index (χ1v) is 22.8. The Labute approximate surface area is 471 Å². The maximum absolute atomic E-state index is 10.1. The molecule has 3 radical (unpaired) electrons. The van der Waals surface area contributed by atoms with Crippen LogP contribution in [-0.4, -0.2) is 66.3 Å². The van der Waals surface area contributed by atoms with Crippen LogP contribution in [0.25, 0.3) is 49.8 Å². The van der Waals surface area contributed by atoms with Gasteiger partial charge in [-0.25, -0.2) is 49.6 Å². The van der Waals surface area contributed by atoms with Crippen molar-refractivity contribution < 1.29 is 127 Å². The van der Waals surface area contributed by atoms with Gasteiger partial charge in [-0.1, -0.05) is 81.8 Å². The van der Waals surface area contributed by atoms with Crippen LogP contribution in [0.4, 0.5) is 0 Å². The first-order valence-electron chi connectivity index (χ1n) is 22.8. The maximum Gasteiger partial charge on any atom is 0.434 e. The molecule has 3 aliphatic carbocycles. The summed E-state index contributed by atoms with van der Waals surface area (Å²) in [4.78, 5) is 23.1. The normalized spacial score (nSPS) is 23.4. The minimum absolute atomic E-state index is 0. The van der Waals surface area contributed by atoms with E-state index in [0.29, 0.717) is 35.0 Å². The summed E-state index contributed by atoms with van der Waals surface area (Å²) >= 11 is 0. The van der Waals surface area contributed by atoms with E-state index in [0.717, 1.165) is 140 Å². The third kappa shape index (κ3) is 10.8. The fourth-order valence-electron chi connectivity index (χ4n) is 10.9. The molecule has 67 heavy (non-hydrogen) atoms. The monoisotopic (exact) mass is 1130 g/mol. The molecule has 0 amide bonds. The number of aryl methyl sites for hydroxylation is 3. The average molecular weight is 1130 g/mol. The first-order chi connectivity index (χ1) is 30.4. The van der Waals surface area contributed by atoms with Crippen molar-refractivity contribution >= 4 is 71.2 Å². The van der Waals surface area contributed by atoms with Gasteiger partial charge in [-0.2, -0.15) is 0 Å². The maximum atomic E-state index is 10.1. The molecule has 3 saturated carbocycles. The Morgan fingerprint density at radius 3 is 1.18 bits per heavy atom. The van der Waals surface area contributed by atoms with E-state index < -0.39 is 21.4 Å². The molecule has 0 saturated heterocycles. The van der Waals surface area contributed by atoms with Crippen LogP contribution in [-0.2, 0) is 98.1 Å². The number of fused-ring (bicyclic) bond motifs is 9. The van der Waals surface area contributed by atoms with Gasteiger partial charge in [0.1, 0.15) is 16.9 Å². The van der Waals surface area contributed by atoms with Crippen molar-refractivity contribution in [3.63, 3.8) is 0 Å². The number of rotatable bonds is 3. The van der Waals surface area contributed by atoms with Crippen molar-refractivity contribution in [1.82, 2.24) is 29.9 Å². The zero-order valence-electron chi connectivity index (χ0n) is 38.7. The van der Waals surface area contributed by atoms with Crippen molar-refractivity contribution in [2.24, 2.45) is 35.5 Å². The summed E-state index contributed by atoms with van der Waals surface area (Å²) in [7, 11) is -2.95. The number of nitrogens with one attached hydrogen (secondary N) is 3. The summed E-state index contributed by atoms with van der Waals surface area (Å²) in [6.45, 7) is 12.6. The van der Waals surface area contributed by atoms with Crippen molar-refractivity contribution in [2.75, 3.05) is 0 Å². The fourth-order valence-corrected chi connectivity index (χ4v) is 10.9. The summed E-state index contributed by atoms with van der Waals surface area (Å²) < 4.78 is 16.8. The van der Waals surface area contributed by atoms with Crippen molar-refractivity contribution in [1.29, 1.82) is 0 Å². The molecule has 2 atom stereocenters. The molecular weight excluding hydrogens is 1070 g/mol. The van der Waals surface area contributed by atoms with Gasteiger partial charge >= 0.3 is 21.4 Å². The average Bonchev–Trinajstić information content (AvgIpc) is 4.09. The van der Waals surface area contributed by atoms with Crippen molar-refractivity contribution in [3.05, 3.63) is 88.5 Å². The van der Waals surface area contributed by atoms with E-state index in [2.05, 4.69) is 68.6 Å². The smallest absolute Gasteiger partial charge is 0.434 e. The van der Waals surface area contributed by atoms with Gasteiger partial charge in [-0.3, -0.25) is 0 Å². The largest absolute Gasteiger partial charge is 0.560 e. The summed E-state index contributed by atoms with van der Waals surface area (Å²) in [6, 6.07) is 6.09. The minimum Gasteiger partial charge on any atom is -0.560 e. The second-order valence-corrected chi connectivity index (χ2v) is 18.9. The second-order valence-electron chi connectivity index (χ2n) is 18.9. The Bertz CT molecular complexity index is 2810. The van der Waals surface area contributed by atoms with Crippen molar-refractivity contribution in [3.8, 4) is 17.2 Å². The fraction of sp³-hybridized carbons (Fsp3) is 0.449. The zero-order valence-corrected chi connectivity index (χ0v) is 47.2. The number of hydrogen-bond donors (Lipinski definition) is 6. The van der Waals surface area contributed by atoms with E-state index in [9.17, 15) is 15.1 Å².